The first kappa shape index (κ1) is 29.5. The Labute approximate surface area is 236 Å². The molecule has 14 heteroatoms. The number of ether oxygens (including phenoxy) is 1. The van der Waals surface area contributed by atoms with E-state index in [0.29, 0.717) is 19.5 Å². The van der Waals surface area contributed by atoms with Crippen molar-refractivity contribution < 1.29 is 38.3 Å². The molecule has 1 unspecified atom stereocenters. The van der Waals surface area contributed by atoms with Crippen LogP contribution in [-0.2, 0) is 23.9 Å². The highest BCUT2D eigenvalue weighted by molar-refractivity contribution is 6.25. The topological polar surface area (TPSA) is 183 Å². The monoisotopic (exact) mass is 570 g/mol. The fourth-order valence-corrected chi connectivity index (χ4v) is 4.95. The zero-order valence-electron chi connectivity index (χ0n) is 23.2. The van der Waals surface area contributed by atoms with Crippen LogP contribution in [0.4, 0.5) is 10.5 Å². The van der Waals surface area contributed by atoms with Gasteiger partial charge in [0.2, 0.25) is 23.6 Å². The molecule has 3 aliphatic heterocycles. The summed E-state index contributed by atoms with van der Waals surface area (Å²) >= 11 is 0. The molecule has 0 aromatic heterocycles. The quantitative estimate of drug-likeness (QED) is 0.316. The van der Waals surface area contributed by atoms with Crippen molar-refractivity contribution in [2.24, 2.45) is 0 Å². The average molecular weight is 571 g/mol. The predicted octanol–water partition coefficient (Wildman–Crippen LogP) is 0.132. The summed E-state index contributed by atoms with van der Waals surface area (Å²) in [5.74, 6) is -3.08. The van der Waals surface area contributed by atoms with Gasteiger partial charge in [0.25, 0.3) is 11.8 Å². The number of fused-ring (bicyclic) bond motifs is 1. The first-order valence-electron chi connectivity index (χ1n) is 13.5. The molecular weight excluding hydrogens is 536 g/mol. The number of benzene rings is 1. The van der Waals surface area contributed by atoms with Crippen LogP contribution in [0.1, 0.15) is 67.2 Å². The lowest BCUT2D eigenvalue weighted by molar-refractivity contribution is -0.136. The smallest absolute Gasteiger partial charge is 0.407 e. The summed E-state index contributed by atoms with van der Waals surface area (Å²) in [6, 6.07) is 3.26. The molecule has 3 heterocycles. The number of likely N-dealkylation sites (tertiary alicyclic amines) is 1. The molecule has 1 aromatic rings. The van der Waals surface area contributed by atoms with E-state index in [0.717, 1.165) is 4.90 Å². The van der Waals surface area contributed by atoms with Crippen LogP contribution in [0.2, 0.25) is 0 Å². The Hall–Kier alpha value is -4.49. The summed E-state index contributed by atoms with van der Waals surface area (Å²) in [5, 5.41) is 10.4. The van der Waals surface area contributed by atoms with E-state index in [-0.39, 0.29) is 61.1 Å². The molecule has 220 valence electrons. The second-order valence-corrected chi connectivity index (χ2v) is 11.1. The lowest BCUT2D eigenvalue weighted by atomic mass is 10.0. The summed E-state index contributed by atoms with van der Waals surface area (Å²) in [6.45, 7) is 6.01. The maximum atomic E-state index is 13.1. The zero-order valence-corrected chi connectivity index (χ0v) is 23.2. The number of imide groups is 2. The van der Waals surface area contributed by atoms with Crippen LogP contribution in [0.3, 0.4) is 0 Å². The lowest BCUT2D eigenvalue weighted by Crippen LogP contribution is -2.54. The van der Waals surface area contributed by atoms with E-state index in [1.165, 1.54) is 6.07 Å². The van der Waals surface area contributed by atoms with Crippen molar-refractivity contribution in [3.8, 4) is 0 Å². The molecule has 41 heavy (non-hydrogen) atoms. The van der Waals surface area contributed by atoms with Crippen molar-refractivity contribution in [2.45, 2.75) is 64.1 Å². The Kier molecular flexibility index (Phi) is 8.59. The van der Waals surface area contributed by atoms with Crippen molar-refractivity contribution in [2.75, 3.05) is 31.5 Å². The number of nitrogens with zero attached hydrogens (tertiary/aromatic N) is 2. The first-order chi connectivity index (χ1) is 19.3. The van der Waals surface area contributed by atoms with Gasteiger partial charge in [-0.2, -0.15) is 0 Å². The number of rotatable bonds is 8. The third-order valence-electron chi connectivity index (χ3n) is 6.83. The normalized spacial score (nSPS) is 20.5. The number of carbonyl (C=O) groups is 7. The van der Waals surface area contributed by atoms with E-state index in [4.69, 9.17) is 4.74 Å². The van der Waals surface area contributed by atoms with E-state index in [1.54, 1.807) is 37.8 Å². The Morgan fingerprint density at radius 1 is 1.07 bits per heavy atom. The number of carbonyl (C=O) groups excluding carboxylic acids is 7. The van der Waals surface area contributed by atoms with Crippen molar-refractivity contribution >= 4 is 47.2 Å². The maximum absolute atomic E-state index is 13.1. The summed E-state index contributed by atoms with van der Waals surface area (Å²) in [7, 11) is 0. The van der Waals surface area contributed by atoms with Gasteiger partial charge in [-0.25, -0.2) is 4.79 Å². The summed E-state index contributed by atoms with van der Waals surface area (Å²) in [5.41, 5.74) is -0.216. The van der Waals surface area contributed by atoms with E-state index in [9.17, 15) is 33.6 Å². The first-order valence-corrected chi connectivity index (χ1v) is 13.5. The molecule has 14 nitrogen and oxygen atoms in total. The van der Waals surface area contributed by atoms with Gasteiger partial charge in [-0.05, 0) is 45.7 Å². The van der Waals surface area contributed by atoms with Gasteiger partial charge in [-0.15, -0.1) is 0 Å². The summed E-state index contributed by atoms with van der Waals surface area (Å²) in [6.07, 6.45) is 0.192. The van der Waals surface area contributed by atoms with Gasteiger partial charge in [0.05, 0.1) is 23.7 Å². The molecule has 2 atom stereocenters. The lowest BCUT2D eigenvalue weighted by Gasteiger charge is -2.27. The SMILES string of the molecule is CC(C)(C)OC(=O)N[C@H]1CCN(C(=O)CCNC(=O)CNc2cccc3c2C(=O)N(C2CCC(=O)NC2=O)C3=O)C1. The molecule has 0 radical (unpaired) electrons. The van der Waals surface area contributed by atoms with E-state index in [1.807, 2.05) is 0 Å². The third-order valence-corrected chi connectivity index (χ3v) is 6.83. The Balaban J connectivity index is 1.23. The molecule has 1 aromatic carbocycles. The Morgan fingerprint density at radius 2 is 1.83 bits per heavy atom. The summed E-state index contributed by atoms with van der Waals surface area (Å²) < 4.78 is 5.25. The highest BCUT2D eigenvalue weighted by Crippen LogP contribution is 2.32. The van der Waals surface area contributed by atoms with Gasteiger partial charge in [0.1, 0.15) is 11.6 Å². The van der Waals surface area contributed by atoms with E-state index in [2.05, 4.69) is 21.3 Å². The highest BCUT2D eigenvalue weighted by atomic mass is 16.6. The molecular formula is C27H34N6O8. The molecule has 0 aliphatic carbocycles. The molecule has 2 saturated heterocycles. The summed E-state index contributed by atoms with van der Waals surface area (Å²) in [4.78, 5) is 89.3. The number of piperidine rings is 1. The van der Waals surface area contributed by atoms with Crippen LogP contribution in [0.5, 0.6) is 0 Å². The van der Waals surface area contributed by atoms with Gasteiger partial charge < -0.3 is 25.6 Å². The van der Waals surface area contributed by atoms with Crippen LogP contribution in [-0.4, -0.2) is 95.2 Å². The van der Waals surface area contributed by atoms with Gasteiger partial charge in [0, 0.05) is 38.2 Å². The number of hydrogen-bond acceptors (Lipinski definition) is 9. The van der Waals surface area contributed by atoms with Crippen molar-refractivity contribution in [1.29, 1.82) is 0 Å². The highest BCUT2D eigenvalue weighted by Gasteiger charge is 2.45. The maximum Gasteiger partial charge on any atom is 0.407 e. The predicted molar refractivity (Wildman–Crippen MR) is 144 cm³/mol. The molecule has 0 spiro atoms. The number of nitrogens with one attached hydrogen (secondary N) is 4. The van der Waals surface area contributed by atoms with Crippen molar-refractivity contribution in [1.82, 2.24) is 25.8 Å². The van der Waals surface area contributed by atoms with Gasteiger partial charge >= 0.3 is 6.09 Å². The average Bonchev–Trinajstić information content (AvgIpc) is 3.44. The molecule has 2 fully saturated rings. The van der Waals surface area contributed by atoms with Gasteiger partial charge in [0.15, 0.2) is 0 Å². The third kappa shape index (κ3) is 6.99. The van der Waals surface area contributed by atoms with Crippen LogP contribution >= 0.6 is 0 Å². The van der Waals surface area contributed by atoms with E-state index < -0.39 is 47.3 Å². The number of amides is 7. The fourth-order valence-electron chi connectivity index (χ4n) is 4.95. The van der Waals surface area contributed by atoms with Gasteiger partial charge in [-0.1, -0.05) is 6.07 Å². The molecule has 0 saturated carbocycles. The van der Waals surface area contributed by atoms with Crippen LogP contribution < -0.4 is 21.3 Å². The minimum absolute atomic E-state index is 0.0128. The number of alkyl carbamates (subject to hydrolysis) is 1. The Bertz CT molecular complexity index is 1290. The van der Waals surface area contributed by atoms with Crippen LogP contribution in [0, 0.1) is 0 Å². The minimum atomic E-state index is -1.09. The molecule has 0 bridgehead atoms. The standard InChI is InChI=1S/C27H34N6O8/c1-27(2,3)41-26(40)30-15-10-12-32(14-15)21(36)9-11-28-20(35)13-29-17-6-4-5-16-22(17)25(39)33(24(16)38)18-7-8-19(34)31-23(18)37/h4-6,15,18,29H,7-14H2,1-3H3,(H,28,35)(H,30,40)(H,31,34,37)/t15-,18?/m0/s1. The van der Waals surface area contributed by atoms with Gasteiger partial charge in [-0.3, -0.25) is 39.0 Å². The fraction of sp³-hybridized carbons (Fsp3) is 0.519. The number of hydrogen-bond donors (Lipinski definition) is 4. The molecule has 7 amide bonds. The largest absolute Gasteiger partial charge is 0.444 e. The van der Waals surface area contributed by atoms with Crippen LogP contribution in [0.15, 0.2) is 18.2 Å². The minimum Gasteiger partial charge on any atom is -0.444 e. The second-order valence-electron chi connectivity index (χ2n) is 11.1. The van der Waals surface area contributed by atoms with Crippen molar-refractivity contribution in [3.05, 3.63) is 29.3 Å². The molecule has 4 N–H and O–H groups in total. The zero-order chi connectivity index (χ0) is 29.9. The molecule has 3 aliphatic rings. The number of anilines is 1. The molecule has 4 rings (SSSR count). The Morgan fingerprint density at radius 3 is 2.54 bits per heavy atom. The van der Waals surface area contributed by atoms with Crippen LogP contribution in [0.25, 0.3) is 0 Å². The van der Waals surface area contributed by atoms with Crippen molar-refractivity contribution in [3.63, 3.8) is 0 Å². The second kappa shape index (κ2) is 11.9. The van der Waals surface area contributed by atoms with E-state index >= 15 is 0 Å².